The number of ether oxygens (including phenoxy) is 1. The van der Waals surface area contributed by atoms with E-state index in [0.29, 0.717) is 25.0 Å². The maximum absolute atomic E-state index is 11.7. The molecule has 0 radical (unpaired) electrons. The number of esters is 1. The van der Waals surface area contributed by atoms with Crippen LogP contribution in [-0.2, 0) is 9.53 Å². The molecule has 116 valence electrons. The van der Waals surface area contributed by atoms with Gasteiger partial charge in [-0.2, -0.15) is 0 Å². The number of nitrogens with zero attached hydrogens (tertiary/aromatic N) is 1. The van der Waals surface area contributed by atoms with E-state index in [1.54, 1.807) is 0 Å². The smallest absolute Gasteiger partial charge is 0.306 e. The summed E-state index contributed by atoms with van der Waals surface area (Å²) in [5.41, 5.74) is 0. The number of rotatable bonds is 8. The topological polar surface area (TPSA) is 61.8 Å². The summed E-state index contributed by atoms with van der Waals surface area (Å²) in [7, 11) is 0. The summed E-state index contributed by atoms with van der Waals surface area (Å²) in [4.78, 5) is 14.2. The van der Waals surface area contributed by atoms with E-state index in [1.807, 2.05) is 6.92 Å². The van der Waals surface area contributed by atoms with Gasteiger partial charge in [-0.3, -0.25) is 9.69 Å². The molecule has 2 fully saturated rings. The summed E-state index contributed by atoms with van der Waals surface area (Å²) in [6.07, 6.45) is 4.97. The SMILES string of the molecule is CCOC(=O)CC1CC(NCCCO)CN(C2CC2)C1. The van der Waals surface area contributed by atoms with E-state index in [2.05, 4.69) is 10.2 Å². The van der Waals surface area contributed by atoms with Gasteiger partial charge in [0.05, 0.1) is 6.61 Å². The molecule has 1 saturated carbocycles. The van der Waals surface area contributed by atoms with Crippen LogP contribution in [0.25, 0.3) is 0 Å². The third kappa shape index (κ3) is 5.04. The molecular weight excluding hydrogens is 256 g/mol. The Bertz CT molecular complexity index is 307. The molecule has 2 N–H and O–H groups in total. The maximum Gasteiger partial charge on any atom is 0.306 e. The highest BCUT2D eigenvalue weighted by Crippen LogP contribution is 2.32. The number of aliphatic hydroxyl groups is 1. The van der Waals surface area contributed by atoms with Gasteiger partial charge in [0.15, 0.2) is 0 Å². The third-order valence-corrected chi connectivity index (χ3v) is 4.16. The first kappa shape index (κ1) is 15.7. The van der Waals surface area contributed by atoms with Crippen LogP contribution < -0.4 is 5.32 Å². The van der Waals surface area contributed by atoms with Crippen LogP contribution in [-0.4, -0.2) is 60.9 Å². The fourth-order valence-corrected chi connectivity index (χ4v) is 3.12. The second-order valence-corrected chi connectivity index (χ2v) is 6.02. The van der Waals surface area contributed by atoms with Crippen LogP contribution in [0.2, 0.25) is 0 Å². The molecule has 20 heavy (non-hydrogen) atoms. The average molecular weight is 284 g/mol. The van der Waals surface area contributed by atoms with Crippen molar-refractivity contribution in [2.75, 3.05) is 32.8 Å². The molecule has 2 rings (SSSR count). The fraction of sp³-hybridized carbons (Fsp3) is 0.933. The molecule has 1 aliphatic heterocycles. The van der Waals surface area contributed by atoms with E-state index >= 15 is 0 Å². The molecule has 2 unspecified atom stereocenters. The van der Waals surface area contributed by atoms with Gasteiger partial charge in [0.2, 0.25) is 0 Å². The van der Waals surface area contributed by atoms with Gasteiger partial charge in [-0.15, -0.1) is 0 Å². The predicted molar refractivity (Wildman–Crippen MR) is 77.4 cm³/mol. The Balaban J connectivity index is 1.81. The van der Waals surface area contributed by atoms with E-state index in [9.17, 15) is 4.79 Å². The van der Waals surface area contributed by atoms with Crippen molar-refractivity contribution in [2.24, 2.45) is 5.92 Å². The summed E-state index contributed by atoms with van der Waals surface area (Å²) < 4.78 is 5.08. The Morgan fingerprint density at radius 2 is 2.20 bits per heavy atom. The lowest BCUT2D eigenvalue weighted by Crippen LogP contribution is -2.50. The summed E-state index contributed by atoms with van der Waals surface area (Å²) in [5.74, 6) is 0.333. The van der Waals surface area contributed by atoms with Gasteiger partial charge in [-0.1, -0.05) is 0 Å². The Kier molecular flexibility index (Phi) is 6.26. The molecule has 1 aliphatic carbocycles. The van der Waals surface area contributed by atoms with Crippen LogP contribution in [0.4, 0.5) is 0 Å². The zero-order valence-corrected chi connectivity index (χ0v) is 12.5. The van der Waals surface area contributed by atoms with E-state index in [4.69, 9.17) is 9.84 Å². The van der Waals surface area contributed by atoms with E-state index in [1.165, 1.54) is 12.8 Å². The van der Waals surface area contributed by atoms with Crippen molar-refractivity contribution >= 4 is 5.97 Å². The molecule has 0 amide bonds. The monoisotopic (exact) mass is 284 g/mol. The fourth-order valence-electron chi connectivity index (χ4n) is 3.12. The van der Waals surface area contributed by atoms with E-state index in [-0.39, 0.29) is 12.6 Å². The molecule has 0 aromatic rings. The number of aliphatic hydroxyl groups excluding tert-OH is 1. The molecule has 0 aromatic heterocycles. The second kappa shape index (κ2) is 7.96. The summed E-state index contributed by atoms with van der Waals surface area (Å²) in [6, 6.07) is 1.18. The van der Waals surface area contributed by atoms with Crippen molar-refractivity contribution in [3.8, 4) is 0 Å². The van der Waals surface area contributed by atoms with Gasteiger partial charge in [-0.05, 0) is 45.1 Å². The largest absolute Gasteiger partial charge is 0.466 e. The molecular formula is C15H28N2O3. The van der Waals surface area contributed by atoms with Crippen LogP contribution in [0, 0.1) is 5.92 Å². The minimum atomic E-state index is -0.0655. The van der Waals surface area contributed by atoms with Gasteiger partial charge in [-0.25, -0.2) is 0 Å². The van der Waals surface area contributed by atoms with Crippen LogP contribution >= 0.6 is 0 Å². The number of hydrogen-bond donors (Lipinski definition) is 2. The molecule has 1 saturated heterocycles. The maximum atomic E-state index is 11.7. The van der Waals surface area contributed by atoms with Crippen LogP contribution in [0.5, 0.6) is 0 Å². The lowest BCUT2D eigenvalue weighted by Gasteiger charge is -2.38. The van der Waals surface area contributed by atoms with Gasteiger partial charge >= 0.3 is 5.97 Å². The first-order chi connectivity index (χ1) is 9.72. The summed E-state index contributed by atoms with van der Waals surface area (Å²) >= 11 is 0. The zero-order valence-electron chi connectivity index (χ0n) is 12.5. The first-order valence-corrected chi connectivity index (χ1v) is 7.96. The first-order valence-electron chi connectivity index (χ1n) is 7.96. The quantitative estimate of drug-likeness (QED) is 0.509. The molecule has 2 atom stereocenters. The van der Waals surface area contributed by atoms with Crippen molar-refractivity contribution in [3.63, 3.8) is 0 Å². The predicted octanol–water partition coefficient (Wildman–Crippen LogP) is 0.765. The van der Waals surface area contributed by atoms with Gasteiger partial charge in [0.25, 0.3) is 0 Å². The van der Waals surface area contributed by atoms with Crippen molar-refractivity contribution in [3.05, 3.63) is 0 Å². The molecule has 5 nitrogen and oxygen atoms in total. The van der Waals surface area contributed by atoms with E-state index < -0.39 is 0 Å². The van der Waals surface area contributed by atoms with Crippen molar-refractivity contribution in [2.45, 2.75) is 51.1 Å². The van der Waals surface area contributed by atoms with Crippen LogP contribution in [0.3, 0.4) is 0 Å². The molecule has 0 bridgehead atoms. The molecule has 0 spiro atoms. The normalized spacial score (nSPS) is 27.5. The molecule has 1 heterocycles. The van der Waals surface area contributed by atoms with Gasteiger partial charge < -0.3 is 15.2 Å². The molecule has 2 aliphatic rings. The highest BCUT2D eigenvalue weighted by molar-refractivity contribution is 5.69. The van der Waals surface area contributed by atoms with Crippen LogP contribution in [0.1, 0.15) is 39.0 Å². The number of likely N-dealkylation sites (tertiary alicyclic amines) is 1. The third-order valence-electron chi connectivity index (χ3n) is 4.16. The highest BCUT2D eigenvalue weighted by Gasteiger charge is 2.36. The summed E-state index contributed by atoms with van der Waals surface area (Å²) in [6.45, 7) is 5.52. The lowest BCUT2D eigenvalue weighted by molar-refractivity contribution is -0.144. The minimum absolute atomic E-state index is 0.0655. The van der Waals surface area contributed by atoms with Crippen molar-refractivity contribution < 1.29 is 14.6 Å². The number of piperidine rings is 1. The zero-order chi connectivity index (χ0) is 14.4. The number of carbonyl (C=O) groups is 1. The van der Waals surface area contributed by atoms with Gasteiger partial charge in [0.1, 0.15) is 0 Å². The standard InChI is InChI=1S/C15H28N2O3/c1-2-20-15(19)9-12-8-13(16-6-3-7-18)11-17(10-12)14-4-5-14/h12-14,16,18H,2-11H2,1H3. The Hall–Kier alpha value is -0.650. The second-order valence-electron chi connectivity index (χ2n) is 6.02. The van der Waals surface area contributed by atoms with Crippen molar-refractivity contribution in [1.29, 1.82) is 0 Å². The van der Waals surface area contributed by atoms with E-state index in [0.717, 1.165) is 38.5 Å². The Morgan fingerprint density at radius 3 is 2.85 bits per heavy atom. The Labute approximate surface area is 121 Å². The minimum Gasteiger partial charge on any atom is -0.466 e. The number of hydrogen-bond acceptors (Lipinski definition) is 5. The lowest BCUT2D eigenvalue weighted by atomic mass is 9.91. The number of nitrogens with one attached hydrogen (secondary N) is 1. The summed E-state index contributed by atoms with van der Waals surface area (Å²) in [5, 5.41) is 12.4. The van der Waals surface area contributed by atoms with Crippen molar-refractivity contribution in [1.82, 2.24) is 10.2 Å². The Morgan fingerprint density at radius 1 is 1.40 bits per heavy atom. The molecule has 0 aromatic carbocycles. The highest BCUT2D eigenvalue weighted by atomic mass is 16.5. The number of carbonyl (C=O) groups excluding carboxylic acids is 1. The van der Waals surface area contributed by atoms with Gasteiger partial charge in [0, 0.05) is 38.2 Å². The van der Waals surface area contributed by atoms with Crippen LogP contribution in [0.15, 0.2) is 0 Å². The molecule has 5 heteroatoms. The average Bonchev–Trinajstić information content (AvgIpc) is 3.23.